The van der Waals surface area contributed by atoms with E-state index in [0.717, 1.165) is 12.8 Å². The highest BCUT2D eigenvalue weighted by Gasteiger charge is 2.28. The van der Waals surface area contributed by atoms with Crippen LogP contribution in [0.2, 0.25) is 0 Å². The summed E-state index contributed by atoms with van der Waals surface area (Å²) in [5.41, 5.74) is 6.75. The number of aromatic nitrogens is 3. The number of ether oxygens (including phenoxy) is 1. The van der Waals surface area contributed by atoms with Gasteiger partial charge in [-0.05, 0) is 43.2 Å². The van der Waals surface area contributed by atoms with Crippen LogP contribution in [-0.2, 0) is 4.79 Å². The summed E-state index contributed by atoms with van der Waals surface area (Å²) in [5, 5.41) is 6.71. The Morgan fingerprint density at radius 1 is 1.20 bits per heavy atom. The van der Waals surface area contributed by atoms with Crippen molar-refractivity contribution in [2.45, 2.75) is 18.9 Å². The van der Waals surface area contributed by atoms with Gasteiger partial charge in [-0.25, -0.2) is 9.49 Å². The molecule has 1 saturated heterocycles. The fourth-order valence-corrected chi connectivity index (χ4v) is 4.64. The van der Waals surface area contributed by atoms with Gasteiger partial charge in [0.05, 0.1) is 11.4 Å². The number of H-pyrrole nitrogens is 1. The zero-order chi connectivity index (χ0) is 24.5. The van der Waals surface area contributed by atoms with Crippen molar-refractivity contribution >= 4 is 22.6 Å². The van der Waals surface area contributed by atoms with Gasteiger partial charge >= 0.3 is 0 Å². The van der Waals surface area contributed by atoms with E-state index in [4.69, 9.17) is 10.5 Å². The smallest absolute Gasteiger partial charge is 0.288 e. The van der Waals surface area contributed by atoms with Crippen molar-refractivity contribution in [3.05, 3.63) is 83.6 Å². The van der Waals surface area contributed by atoms with E-state index in [2.05, 4.69) is 16.8 Å². The lowest BCUT2D eigenvalue weighted by molar-refractivity contribution is -0.127. The fourth-order valence-electron chi connectivity index (χ4n) is 4.64. The van der Waals surface area contributed by atoms with Gasteiger partial charge in [0.1, 0.15) is 22.8 Å². The molecule has 35 heavy (non-hydrogen) atoms. The highest BCUT2D eigenvalue weighted by Crippen LogP contribution is 2.38. The summed E-state index contributed by atoms with van der Waals surface area (Å²) < 4.78 is 22.9. The molecule has 0 unspecified atom stereocenters. The van der Waals surface area contributed by atoms with Crippen LogP contribution in [0.4, 0.5) is 10.2 Å². The number of piperidine rings is 1. The molecule has 178 valence electrons. The molecule has 2 aromatic carbocycles. The number of likely N-dealkylation sites (tertiary alicyclic amines) is 1. The number of carbonyl (C=O) groups excluding carboxylic acids is 1. The number of anilines is 1. The number of fused-ring (bicyclic) bond motifs is 1. The van der Waals surface area contributed by atoms with Crippen LogP contribution >= 0.6 is 0 Å². The number of carbonyl (C=O) groups is 1. The SMILES string of the molecule is C=CC(=O)N1CCC[C@@H](n2cc(-c3ccc(Oc4ccccc4)cc3F)c3c(N)n[nH]c(=O)c32)C1. The normalized spacial score (nSPS) is 15.8. The van der Waals surface area contributed by atoms with E-state index < -0.39 is 11.4 Å². The van der Waals surface area contributed by atoms with E-state index in [1.54, 1.807) is 39.9 Å². The zero-order valence-electron chi connectivity index (χ0n) is 18.9. The number of amides is 1. The predicted molar refractivity (Wildman–Crippen MR) is 132 cm³/mol. The number of hydrogen-bond donors (Lipinski definition) is 2. The Morgan fingerprint density at radius 2 is 2.00 bits per heavy atom. The number of para-hydroxylation sites is 1. The zero-order valence-corrected chi connectivity index (χ0v) is 18.9. The Bertz CT molecular complexity index is 1480. The maximum Gasteiger partial charge on any atom is 0.288 e. The van der Waals surface area contributed by atoms with Gasteiger partial charge in [0.2, 0.25) is 5.91 Å². The molecule has 0 saturated carbocycles. The third kappa shape index (κ3) is 4.16. The molecule has 2 aromatic heterocycles. The number of nitrogens with one attached hydrogen (secondary N) is 1. The number of rotatable bonds is 5. The van der Waals surface area contributed by atoms with Gasteiger partial charge in [0.15, 0.2) is 5.82 Å². The third-order valence-electron chi connectivity index (χ3n) is 6.27. The molecule has 3 N–H and O–H groups in total. The molecule has 3 heterocycles. The van der Waals surface area contributed by atoms with Crippen LogP contribution in [0.25, 0.3) is 22.0 Å². The third-order valence-corrected chi connectivity index (χ3v) is 6.27. The molecule has 1 atom stereocenters. The van der Waals surface area contributed by atoms with Crippen LogP contribution in [0.15, 0.2) is 72.2 Å². The fraction of sp³-hybridized carbons (Fsp3) is 0.192. The van der Waals surface area contributed by atoms with Crippen LogP contribution in [0.1, 0.15) is 18.9 Å². The Kier molecular flexibility index (Phi) is 5.82. The summed E-state index contributed by atoms with van der Waals surface area (Å²) in [5.74, 6) is 0.334. The second-order valence-corrected chi connectivity index (χ2v) is 8.45. The lowest BCUT2D eigenvalue weighted by Crippen LogP contribution is -2.40. The van der Waals surface area contributed by atoms with Crippen molar-refractivity contribution in [3.63, 3.8) is 0 Å². The minimum absolute atomic E-state index is 0.0900. The molecule has 9 heteroatoms. The molecule has 1 aliphatic heterocycles. The number of benzene rings is 2. The Hall–Kier alpha value is -4.40. The largest absolute Gasteiger partial charge is 0.457 e. The van der Waals surface area contributed by atoms with E-state index in [9.17, 15) is 9.59 Å². The summed E-state index contributed by atoms with van der Waals surface area (Å²) in [6.07, 6.45) is 4.52. The highest BCUT2D eigenvalue weighted by molar-refractivity contribution is 6.02. The Balaban J connectivity index is 1.59. The molecular formula is C26H24FN5O3. The minimum Gasteiger partial charge on any atom is -0.457 e. The molecule has 5 rings (SSSR count). The van der Waals surface area contributed by atoms with Crippen molar-refractivity contribution in [1.29, 1.82) is 0 Å². The number of nitrogen functional groups attached to an aromatic ring is 1. The molecule has 8 nitrogen and oxygen atoms in total. The van der Waals surface area contributed by atoms with Gasteiger partial charge < -0.3 is 19.9 Å². The molecule has 4 aromatic rings. The molecule has 0 radical (unpaired) electrons. The lowest BCUT2D eigenvalue weighted by atomic mass is 10.0. The maximum atomic E-state index is 15.4. The number of nitrogens with zero attached hydrogens (tertiary/aromatic N) is 3. The van der Waals surface area contributed by atoms with Crippen molar-refractivity contribution in [3.8, 4) is 22.6 Å². The van der Waals surface area contributed by atoms with E-state index in [1.807, 2.05) is 18.2 Å². The van der Waals surface area contributed by atoms with Crippen molar-refractivity contribution in [1.82, 2.24) is 19.7 Å². The summed E-state index contributed by atoms with van der Waals surface area (Å²) in [6, 6.07) is 13.5. The Labute approximate surface area is 200 Å². The molecule has 1 aliphatic rings. The first kappa shape index (κ1) is 22.4. The number of halogens is 1. The first-order valence-corrected chi connectivity index (χ1v) is 11.3. The standard InChI is InChI=1S/C26H24FN5O3/c1-2-22(33)31-12-6-7-16(14-31)32-15-20(23-24(32)26(34)30-29-25(23)28)19-11-10-18(13-21(19)27)35-17-8-4-3-5-9-17/h2-5,8-11,13,15-16H,1,6-7,12,14H2,(H2,28,29)(H,30,34)/t16-/m1/s1. The summed E-state index contributed by atoms with van der Waals surface area (Å²) in [6.45, 7) is 4.59. The summed E-state index contributed by atoms with van der Waals surface area (Å²) >= 11 is 0. The summed E-state index contributed by atoms with van der Waals surface area (Å²) in [4.78, 5) is 26.7. The topological polar surface area (TPSA) is 106 Å². The van der Waals surface area contributed by atoms with E-state index >= 15 is 4.39 Å². The second-order valence-electron chi connectivity index (χ2n) is 8.45. The van der Waals surface area contributed by atoms with Crippen LogP contribution in [0.3, 0.4) is 0 Å². The second kappa shape index (κ2) is 9.09. The van der Waals surface area contributed by atoms with Gasteiger partial charge in [-0.1, -0.05) is 24.8 Å². The van der Waals surface area contributed by atoms with E-state index in [-0.39, 0.29) is 23.3 Å². The van der Waals surface area contributed by atoms with E-state index in [0.29, 0.717) is 41.1 Å². The van der Waals surface area contributed by atoms with Gasteiger partial charge in [0, 0.05) is 36.5 Å². The average molecular weight is 474 g/mol. The monoisotopic (exact) mass is 473 g/mol. The van der Waals surface area contributed by atoms with Crippen molar-refractivity contribution in [2.75, 3.05) is 18.8 Å². The molecule has 1 amide bonds. The molecule has 0 spiro atoms. The maximum absolute atomic E-state index is 15.4. The molecule has 0 aliphatic carbocycles. The van der Waals surface area contributed by atoms with Crippen LogP contribution < -0.4 is 16.0 Å². The van der Waals surface area contributed by atoms with E-state index in [1.165, 1.54) is 12.1 Å². The summed E-state index contributed by atoms with van der Waals surface area (Å²) in [7, 11) is 0. The quantitative estimate of drug-likeness (QED) is 0.422. The van der Waals surface area contributed by atoms with Gasteiger partial charge in [-0.2, -0.15) is 5.10 Å². The average Bonchev–Trinajstić information content (AvgIpc) is 3.28. The van der Waals surface area contributed by atoms with Gasteiger partial charge in [-0.15, -0.1) is 0 Å². The number of hydrogen-bond acceptors (Lipinski definition) is 5. The number of aromatic amines is 1. The first-order valence-electron chi connectivity index (χ1n) is 11.3. The Morgan fingerprint density at radius 3 is 2.74 bits per heavy atom. The van der Waals surface area contributed by atoms with Crippen LogP contribution in [-0.4, -0.2) is 38.7 Å². The molecule has 0 bridgehead atoms. The highest BCUT2D eigenvalue weighted by atomic mass is 19.1. The van der Waals surface area contributed by atoms with Crippen molar-refractivity contribution < 1.29 is 13.9 Å². The van der Waals surface area contributed by atoms with Crippen LogP contribution in [0.5, 0.6) is 11.5 Å². The predicted octanol–water partition coefficient (Wildman–Crippen LogP) is 4.25. The van der Waals surface area contributed by atoms with Crippen molar-refractivity contribution in [2.24, 2.45) is 0 Å². The van der Waals surface area contributed by atoms with Gasteiger partial charge in [-0.3, -0.25) is 9.59 Å². The number of nitrogens with two attached hydrogens (primary N) is 1. The first-order chi connectivity index (χ1) is 17.0. The van der Waals surface area contributed by atoms with Crippen LogP contribution in [0, 0.1) is 5.82 Å². The minimum atomic E-state index is -0.524. The lowest BCUT2D eigenvalue weighted by Gasteiger charge is -2.33. The molecular weight excluding hydrogens is 449 g/mol. The van der Waals surface area contributed by atoms with Gasteiger partial charge in [0.25, 0.3) is 5.56 Å². The molecule has 1 fully saturated rings.